The third kappa shape index (κ3) is 7.78. The van der Waals surface area contributed by atoms with Gasteiger partial charge < -0.3 is 14.6 Å². The predicted molar refractivity (Wildman–Crippen MR) is 90.9 cm³/mol. The maximum atomic E-state index is 9.60. The minimum Gasteiger partial charge on any atom is -0.491 e. The molecule has 2 rings (SSSR count). The number of carbonyl (C=O) groups excluding carboxylic acids is 1. The average molecular weight is 353 g/mol. The minimum atomic E-state index is -0.318. The fraction of sp³-hybridized carbons (Fsp3) is 0.353. The summed E-state index contributed by atoms with van der Waals surface area (Å²) in [5.41, 5.74) is 0.690. The number of rotatable bonds is 5. The second-order valence-electron chi connectivity index (χ2n) is 5.71. The van der Waals surface area contributed by atoms with E-state index in [0.29, 0.717) is 18.9 Å². The molecule has 6 nitrogen and oxygen atoms in total. The van der Waals surface area contributed by atoms with Gasteiger partial charge >= 0.3 is 0 Å². The largest absolute Gasteiger partial charge is 0.491 e. The molecule has 0 bridgehead atoms. The lowest BCUT2D eigenvalue weighted by atomic mass is 10.2. The summed E-state index contributed by atoms with van der Waals surface area (Å²) < 4.78 is 9.95. The van der Waals surface area contributed by atoms with E-state index >= 15 is 0 Å². The van der Waals surface area contributed by atoms with Gasteiger partial charge in [0.25, 0.3) is 12.4 Å². The molecule has 1 aromatic carbocycles. The van der Waals surface area contributed by atoms with E-state index in [2.05, 4.69) is 14.7 Å². The van der Waals surface area contributed by atoms with Crippen LogP contribution in [0.25, 0.3) is 0 Å². The molecule has 0 aliphatic carbocycles. The van der Waals surface area contributed by atoms with Gasteiger partial charge in [0.1, 0.15) is 18.0 Å². The Morgan fingerprint density at radius 2 is 1.92 bits per heavy atom. The molecule has 0 amide bonds. The number of hydrogen-bond acceptors (Lipinski definition) is 6. The van der Waals surface area contributed by atoms with Crippen LogP contribution in [0.3, 0.4) is 0 Å². The zero-order chi connectivity index (χ0) is 18.0. The number of nitrogens with zero attached hydrogens (tertiary/aromatic N) is 2. The van der Waals surface area contributed by atoms with E-state index in [1.54, 1.807) is 0 Å². The van der Waals surface area contributed by atoms with Gasteiger partial charge in [-0.05, 0) is 26.3 Å². The van der Waals surface area contributed by atoms with Gasteiger partial charge in [-0.3, -0.25) is 4.79 Å². The summed E-state index contributed by atoms with van der Waals surface area (Å²) in [5, 5.41) is 9.57. The number of ether oxygens (including phenoxy) is 2. The van der Waals surface area contributed by atoms with Crippen molar-refractivity contribution in [2.24, 2.45) is 0 Å². The maximum absolute atomic E-state index is 9.60. The predicted octanol–water partition coefficient (Wildman–Crippen LogP) is 3.46. The number of aromatic hydroxyl groups is 1. The van der Waals surface area contributed by atoms with E-state index in [4.69, 9.17) is 16.3 Å². The molecule has 0 aliphatic rings. The zero-order valence-electron chi connectivity index (χ0n) is 13.9. The van der Waals surface area contributed by atoms with E-state index in [1.165, 1.54) is 6.20 Å². The maximum Gasteiger partial charge on any atom is 0.293 e. The van der Waals surface area contributed by atoms with Crippen LogP contribution in [-0.2, 0) is 22.0 Å². The van der Waals surface area contributed by atoms with Gasteiger partial charge in [0.2, 0.25) is 0 Å². The van der Waals surface area contributed by atoms with Crippen LogP contribution >= 0.6 is 11.6 Å². The summed E-state index contributed by atoms with van der Waals surface area (Å²) in [7, 11) is 0. The van der Waals surface area contributed by atoms with E-state index in [1.807, 2.05) is 51.1 Å². The standard InChI is InChI=1S/C12H11ClN2O2.C5H10O2/c13-6-11-14-7-10(12(16)15-11)17-8-9-4-2-1-3-5-9;1-5(2,3)7-4-6/h1-5,7H,6,8H2,(H,14,15,16);4H,1-3H3. The van der Waals surface area contributed by atoms with Gasteiger partial charge in [-0.25, -0.2) is 4.98 Å². The molecule has 0 radical (unpaired) electrons. The van der Waals surface area contributed by atoms with Crippen molar-refractivity contribution < 1.29 is 19.4 Å². The number of halogens is 1. The van der Waals surface area contributed by atoms with Crippen LogP contribution in [0.4, 0.5) is 0 Å². The van der Waals surface area contributed by atoms with E-state index in [-0.39, 0.29) is 23.1 Å². The smallest absolute Gasteiger partial charge is 0.293 e. The Bertz CT molecular complexity index is 630. The van der Waals surface area contributed by atoms with Crippen LogP contribution in [0.15, 0.2) is 36.5 Å². The van der Waals surface area contributed by atoms with Crippen LogP contribution in [-0.4, -0.2) is 27.1 Å². The molecule has 0 atom stereocenters. The van der Waals surface area contributed by atoms with Crippen LogP contribution in [0, 0.1) is 0 Å². The van der Waals surface area contributed by atoms with Gasteiger partial charge in [-0.15, -0.1) is 11.6 Å². The van der Waals surface area contributed by atoms with Crippen molar-refractivity contribution in [1.29, 1.82) is 0 Å². The molecule has 0 aliphatic heterocycles. The Labute approximate surface area is 146 Å². The Hall–Kier alpha value is -2.34. The molecule has 24 heavy (non-hydrogen) atoms. The zero-order valence-corrected chi connectivity index (χ0v) is 14.7. The molecule has 1 aromatic heterocycles. The van der Waals surface area contributed by atoms with Crippen molar-refractivity contribution in [1.82, 2.24) is 9.97 Å². The molecule has 1 heterocycles. The monoisotopic (exact) mass is 352 g/mol. The molecular formula is C17H21ClN2O4. The molecule has 0 spiro atoms. The number of carbonyl (C=O) groups is 1. The first-order valence-corrected chi connectivity index (χ1v) is 7.78. The first-order valence-electron chi connectivity index (χ1n) is 7.24. The molecule has 0 saturated carbocycles. The lowest BCUT2D eigenvalue weighted by Crippen LogP contribution is -2.17. The molecule has 130 valence electrons. The van der Waals surface area contributed by atoms with Crippen LogP contribution in [0.2, 0.25) is 0 Å². The van der Waals surface area contributed by atoms with Crippen molar-refractivity contribution in [3.05, 3.63) is 47.9 Å². The molecule has 0 fully saturated rings. The number of benzene rings is 1. The van der Waals surface area contributed by atoms with Crippen molar-refractivity contribution in [3.63, 3.8) is 0 Å². The third-order valence-corrected chi connectivity index (χ3v) is 2.78. The van der Waals surface area contributed by atoms with Gasteiger partial charge in [-0.1, -0.05) is 30.3 Å². The molecule has 0 unspecified atom stereocenters. The summed E-state index contributed by atoms with van der Waals surface area (Å²) in [4.78, 5) is 17.3. The molecule has 0 saturated heterocycles. The summed E-state index contributed by atoms with van der Waals surface area (Å²) in [5.74, 6) is 0.595. The van der Waals surface area contributed by atoms with Crippen molar-refractivity contribution in [2.75, 3.05) is 0 Å². The first-order chi connectivity index (χ1) is 11.4. The highest BCUT2D eigenvalue weighted by molar-refractivity contribution is 6.16. The topological polar surface area (TPSA) is 81.5 Å². The van der Waals surface area contributed by atoms with Gasteiger partial charge in [-0.2, -0.15) is 4.98 Å². The average Bonchev–Trinajstić information content (AvgIpc) is 2.54. The van der Waals surface area contributed by atoms with E-state index < -0.39 is 0 Å². The summed E-state index contributed by atoms with van der Waals surface area (Å²) in [6.45, 7) is 6.28. The van der Waals surface area contributed by atoms with Crippen LogP contribution in [0.5, 0.6) is 11.6 Å². The molecule has 7 heteroatoms. The Morgan fingerprint density at radius 1 is 1.25 bits per heavy atom. The summed E-state index contributed by atoms with van der Waals surface area (Å²) in [6.07, 6.45) is 1.42. The molecule has 1 N–H and O–H groups in total. The fourth-order valence-corrected chi connectivity index (χ4v) is 1.57. The van der Waals surface area contributed by atoms with Crippen LogP contribution in [0.1, 0.15) is 32.2 Å². The van der Waals surface area contributed by atoms with Gasteiger partial charge in [0.05, 0.1) is 12.1 Å². The highest BCUT2D eigenvalue weighted by Crippen LogP contribution is 2.23. The number of alkyl halides is 1. The highest BCUT2D eigenvalue weighted by Gasteiger charge is 2.07. The second-order valence-corrected chi connectivity index (χ2v) is 5.98. The lowest BCUT2D eigenvalue weighted by molar-refractivity contribution is -0.138. The van der Waals surface area contributed by atoms with Gasteiger partial charge in [0, 0.05) is 0 Å². The highest BCUT2D eigenvalue weighted by atomic mass is 35.5. The van der Waals surface area contributed by atoms with Crippen molar-refractivity contribution in [2.45, 2.75) is 38.9 Å². The van der Waals surface area contributed by atoms with E-state index in [9.17, 15) is 9.90 Å². The van der Waals surface area contributed by atoms with E-state index in [0.717, 1.165) is 5.56 Å². The summed E-state index contributed by atoms with van der Waals surface area (Å²) >= 11 is 5.55. The Balaban J connectivity index is 0.000000351. The lowest BCUT2D eigenvalue weighted by Gasteiger charge is -2.14. The molecule has 2 aromatic rings. The quantitative estimate of drug-likeness (QED) is 0.655. The summed E-state index contributed by atoms with van der Waals surface area (Å²) in [6, 6.07) is 9.65. The van der Waals surface area contributed by atoms with Crippen molar-refractivity contribution in [3.8, 4) is 11.6 Å². The normalized spacial score (nSPS) is 10.3. The number of hydrogen-bond donors (Lipinski definition) is 1. The first kappa shape index (κ1) is 19.7. The Morgan fingerprint density at radius 3 is 2.38 bits per heavy atom. The molecular weight excluding hydrogens is 332 g/mol. The fourth-order valence-electron chi connectivity index (χ4n) is 1.44. The van der Waals surface area contributed by atoms with Crippen LogP contribution < -0.4 is 4.74 Å². The minimum absolute atomic E-state index is 0.159. The van der Waals surface area contributed by atoms with Crippen molar-refractivity contribution >= 4 is 18.1 Å². The van der Waals surface area contributed by atoms with Gasteiger partial charge in [0.15, 0.2) is 5.75 Å². The second kappa shape index (κ2) is 9.72. The Kier molecular flexibility index (Phi) is 7.98. The third-order valence-electron chi connectivity index (χ3n) is 2.54. The number of aromatic nitrogens is 2. The SMILES string of the molecule is CC(C)(C)OC=O.Oc1nc(CCl)ncc1OCc1ccccc1.